The molecule has 0 saturated carbocycles. The fourth-order valence-electron chi connectivity index (χ4n) is 3.09. The SMILES string of the molecule is Cc1cc(NC(=O)CCn2cnc3ccccc3c2=O)n(-c2cccc(Cl)c2)n1. The summed E-state index contributed by atoms with van der Waals surface area (Å²) < 4.78 is 3.07. The molecule has 0 atom stereocenters. The average Bonchev–Trinajstić information content (AvgIpc) is 3.08. The summed E-state index contributed by atoms with van der Waals surface area (Å²) in [6.07, 6.45) is 1.60. The number of carbonyl (C=O) groups is 1. The van der Waals surface area contributed by atoms with Crippen molar-refractivity contribution in [1.82, 2.24) is 19.3 Å². The Labute approximate surface area is 171 Å². The van der Waals surface area contributed by atoms with Crippen LogP contribution in [0.15, 0.2) is 65.7 Å². The first-order valence-electron chi connectivity index (χ1n) is 9.08. The molecule has 7 nitrogen and oxygen atoms in total. The van der Waals surface area contributed by atoms with Crippen LogP contribution < -0.4 is 10.9 Å². The van der Waals surface area contributed by atoms with E-state index in [-0.39, 0.29) is 24.4 Å². The van der Waals surface area contributed by atoms with E-state index in [1.807, 2.05) is 25.1 Å². The minimum atomic E-state index is -0.228. The molecule has 146 valence electrons. The lowest BCUT2D eigenvalue weighted by Gasteiger charge is -2.10. The van der Waals surface area contributed by atoms with E-state index in [1.54, 1.807) is 41.1 Å². The van der Waals surface area contributed by atoms with E-state index in [9.17, 15) is 9.59 Å². The first-order chi connectivity index (χ1) is 14.0. The number of fused-ring (bicyclic) bond motifs is 1. The van der Waals surface area contributed by atoms with Gasteiger partial charge in [0.1, 0.15) is 5.82 Å². The Morgan fingerprint density at radius 3 is 2.79 bits per heavy atom. The Hall–Kier alpha value is -3.45. The Morgan fingerprint density at radius 1 is 1.14 bits per heavy atom. The van der Waals surface area contributed by atoms with E-state index < -0.39 is 0 Å². The van der Waals surface area contributed by atoms with Gasteiger partial charge in [0.2, 0.25) is 5.91 Å². The molecule has 0 aliphatic heterocycles. The molecule has 2 aromatic carbocycles. The number of aromatic nitrogens is 4. The first kappa shape index (κ1) is 18.9. The van der Waals surface area contributed by atoms with Crippen LogP contribution in [0.4, 0.5) is 5.82 Å². The lowest BCUT2D eigenvalue weighted by atomic mass is 10.2. The molecule has 0 aliphatic rings. The number of para-hydroxylation sites is 1. The van der Waals surface area contributed by atoms with Gasteiger partial charge in [0.15, 0.2) is 0 Å². The molecule has 0 unspecified atom stereocenters. The quantitative estimate of drug-likeness (QED) is 0.548. The van der Waals surface area contributed by atoms with Crippen LogP contribution in [0.1, 0.15) is 12.1 Å². The predicted molar refractivity (Wildman–Crippen MR) is 113 cm³/mol. The summed E-state index contributed by atoms with van der Waals surface area (Å²) in [5, 5.41) is 8.39. The maximum Gasteiger partial charge on any atom is 0.261 e. The van der Waals surface area contributed by atoms with Crippen LogP contribution in [-0.4, -0.2) is 25.2 Å². The van der Waals surface area contributed by atoms with Crippen molar-refractivity contribution in [3.8, 4) is 5.69 Å². The van der Waals surface area contributed by atoms with Crippen molar-refractivity contribution >= 4 is 34.2 Å². The van der Waals surface area contributed by atoms with Gasteiger partial charge >= 0.3 is 0 Å². The van der Waals surface area contributed by atoms with E-state index in [4.69, 9.17) is 11.6 Å². The van der Waals surface area contributed by atoms with Gasteiger partial charge in [-0.05, 0) is 37.3 Å². The van der Waals surface area contributed by atoms with Crippen molar-refractivity contribution in [3.63, 3.8) is 0 Å². The molecule has 2 aromatic heterocycles. The summed E-state index contributed by atoms with van der Waals surface area (Å²) >= 11 is 6.07. The molecule has 0 bridgehead atoms. The highest BCUT2D eigenvalue weighted by atomic mass is 35.5. The van der Waals surface area contributed by atoms with Crippen molar-refractivity contribution < 1.29 is 4.79 Å². The highest BCUT2D eigenvalue weighted by Gasteiger charge is 2.12. The van der Waals surface area contributed by atoms with Crippen molar-refractivity contribution in [3.05, 3.63) is 82.0 Å². The standard InChI is InChI=1S/C21H18ClN5O2/c1-14-11-19(27(25-14)16-6-4-5-15(22)12-16)24-20(28)9-10-26-13-23-18-8-3-2-7-17(18)21(26)29/h2-8,11-13H,9-10H2,1H3,(H,24,28). The van der Waals surface area contributed by atoms with Gasteiger partial charge in [0.25, 0.3) is 5.56 Å². The minimum absolute atomic E-state index is 0.125. The molecule has 1 amide bonds. The van der Waals surface area contributed by atoms with E-state index in [1.165, 1.54) is 10.9 Å². The Balaban J connectivity index is 1.50. The fraction of sp³-hybridized carbons (Fsp3) is 0.143. The monoisotopic (exact) mass is 407 g/mol. The molecular formula is C21H18ClN5O2. The number of halogens is 1. The van der Waals surface area contributed by atoms with Crippen molar-refractivity contribution in [2.24, 2.45) is 0 Å². The molecule has 4 rings (SSSR count). The van der Waals surface area contributed by atoms with E-state index in [0.717, 1.165) is 11.4 Å². The van der Waals surface area contributed by atoms with Crippen molar-refractivity contribution in [1.29, 1.82) is 0 Å². The Morgan fingerprint density at radius 2 is 1.97 bits per heavy atom. The van der Waals surface area contributed by atoms with Crippen LogP contribution in [-0.2, 0) is 11.3 Å². The van der Waals surface area contributed by atoms with Crippen LogP contribution in [0.5, 0.6) is 0 Å². The summed E-state index contributed by atoms with van der Waals surface area (Å²) in [5.41, 5.74) is 1.98. The number of rotatable bonds is 5. The minimum Gasteiger partial charge on any atom is -0.311 e. The zero-order valence-corrected chi connectivity index (χ0v) is 16.4. The number of hydrogen-bond acceptors (Lipinski definition) is 4. The third kappa shape index (κ3) is 4.05. The Kier molecular flexibility index (Phi) is 5.14. The maximum absolute atomic E-state index is 12.5. The highest BCUT2D eigenvalue weighted by molar-refractivity contribution is 6.30. The lowest BCUT2D eigenvalue weighted by Crippen LogP contribution is -2.24. The zero-order valence-electron chi connectivity index (χ0n) is 15.7. The van der Waals surface area contributed by atoms with E-state index in [2.05, 4.69) is 15.4 Å². The summed E-state index contributed by atoms with van der Waals surface area (Å²) in [6.45, 7) is 2.07. The molecule has 0 spiro atoms. The number of carbonyl (C=O) groups excluding carboxylic acids is 1. The second kappa shape index (κ2) is 7.89. The highest BCUT2D eigenvalue weighted by Crippen LogP contribution is 2.20. The lowest BCUT2D eigenvalue weighted by molar-refractivity contribution is -0.116. The van der Waals surface area contributed by atoms with Gasteiger partial charge in [-0.2, -0.15) is 5.10 Å². The van der Waals surface area contributed by atoms with Gasteiger partial charge in [-0.3, -0.25) is 14.2 Å². The molecule has 29 heavy (non-hydrogen) atoms. The number of benzene rings is 2. The summed E-state index contributed by atoms with van der Waals surface area (Å²) in [7, 11) is 0. The van der Waals surface area contributed by atoms with Crippen LogP contribution in [0, 0.1) is 6.92 Å². The maximum atomic E-state index is 12.5. The van der Waals surface area contributed by atoms with Gasteiger partial charge in [-0.1, -0.05) is 29.8 Å². The summed E-state index contributed by atoms with van der Waals surface area (Å²) in [4.78, 5) is 29.3. The Bertz CT molecular complexity index is 1260. The normalized spacial score (nSPS) is 11.0. The first-order valence-corrected chi connectivity index (χ1v) is 9.46. The number of amides is 1. The van der Waals surface area contributed by atoms with Gasteiger partial charge in [0, 0.05) is 24.1 Å². The third-order valence-electron chi connectivity index (χ3n) is 4.46. The van der Waals surface area contributed by atoms with E-state index >= 15 is 0 Å². The number of anilines is 1. The molecule has 2 heterocycles. The molecule has 4 aromatic rings. The molecule has 8 heteroatoms. The molecule has 0 radical (unpaired) electrons. The number of aryl methyl sites for hydroxylation is 2. The second-order valence-corrected chi connectivity index (χ2v) is 7.06. The zero-order chi connectivity index (χ0) is 20.4. The van der Waals surface area contributed by atoms with E-state index in [0.29, 0.717) is 21.7 Å². The van der Waals surface area contributed by atoms with Crippen LogP contribution >= 0.6 is 11.6 Å². The van der Waals surface area contributed by atoms with Crippen LogP contribution in [0.25, 0.3) is 16.6 Å². The molecule has 0 aliphatic carbocycles. The number of hydrogen-bond donors (Lipinski definition) is 1. The van der Waals surface area contributed by atoms with Gasteiger partial charge < -0.3 is 5.32 Å². The smallest absolute Gasteiger partial charge is 0.261 e. The number of nitrogens with one attached hydrogen (secondary N) is 1. The largest absolute Gasteiger partial charge is 0.311 e. The van der Waals surface area contributed by atoms with Gasteiger partial charge in [-0.15, -0.1) is 0 Å². The summed E-state index contributed by atoms with van der Waals surface area (Å²) in [6, 6.07) is 16.1. The van der Waals surface area contributed by atoms with Crippen LogP contribution in [0.2, 0.25) is 5.02 Å². The molecule has 0 fully saturated rings. The molecule has 1 N–H and O–H groups in total. The van der Waals surface area contributed by atoms with Gasteiger partial charge in [0.05, 0.1) is 28.6 Å². The number of nitrogens with zero attached hydrogens (tertiary/aromatic N) is 4. The average molecular weight is 408 g/mol. The van der Waals surface area contributed by atoms with Crippen molar-refractivity contribution in [2.75, 3.05) is 5.32 Å². The predicted octanol–water partition coefficient (Wildman–Crippen LogP) is 3.57. The third-order valence-corrected chi connectivity index (χ3v) is 4.70. The molecular weight excluding hydrogens is 390 g/mol. The van der Waals surface area contributed by atoms with Crippen LogP contribution in [0.3, 0.4) is 0 Å². The fourth-order valence-corrected chi connectivity index (χ4v) is 3.27. The van der Waals surface area contributed by atoms with Gasteiger partial charge in [-0.25, -0.2) is 9.67 Å². The molecule has 0 saturated heterocycles. The summed E-state index contributed by atoms with van der Waals surface area (Å²) in [5.74, 6) is 0.312. The second-order valence-electron chi connectivity index (χ2n) is 6.62. The topological polar surface area (TPSA) is 81.8 Å². The van der Waals surface area contributed by atoms with Crippen molar-refractivity contribution in [2.45, 2.75) is 19.9 Å².